The van der Waals surface area contributed by atoms with E-state index in [9.17, 15) is 0 Å². The SMILES string of the molecule is C=CCCC(OCOCCOC)c1cc(C)c(O[Si](C)(C)C(C)(C)C)c(C)c1. The maximum Gasteiger partial charge on any atom is 0.250 e. The van der Waals surface area contributed by atoms with Gasteiger partial charge in [0.2, 0.25) is 0 Å². The lowest BCUT2D eigenvalue weighted by Crippen LogP contribution is -2.44. The van der Waals surface area contributed by atoms with Crippen molar-refractivity contribution in [3.63, 3.8) is 0 Å². The summed E-state index contributed by atoms with van der Waals surface area (Å²) < 4.78 is 23.1. The van der Waals surface area contributed by atoms with Gasteiger partial charge < -0.3 is 18.6 Å². The van der Waals surface area contributed by atoms with Crippen LogP contribution in [0.2, 0.25) is 18.1 Å². The third-order valence-electron chi connectivity index (χ3n) is 5.44. The van der Waals surface area contributed by atoms with Crippen molar-refractivity contribution in [3.8, 4) is 5.75 Å². The predicted octanol–water partition coefficient (Wildman–Crippen LogP) is 6.33. The highest BCUT2D eigenvalue weighted by Gasteiger charge is 2.39. The zero-order chi connectivity index (χ0) is 21.4. The van der Waals surface area contributed by atoms with Crippen LogP contribution in [0.3, 0.4) is 0 Å². The molecule has 1 unspecified atom stereocenters. The largest absolute Gasteiger partial charge is 0.543 e. The van der Waals surface area contributed by atoms with Crippen molar-refractivity contribution in [2.75, 3.05) is 27.1 Å². The number of hydrogen-bond donors (Lipinski definition) is 0. The molecule has 0 saturated carbocycles. The second-order valence-corrected chi connectivity index (χ2v) is 13.6. The summed E-state index contributed by atoms with van der Waals surface area (Å²) in [6, 6.07) is 4.39. The molecule has 0 fully saturated rings. The molecule has 1 aromatic carbocycles. The zero-order valence-electron chi connectivity index (χ0n) is 19.2. The summed E-state index contributed by atoms with van der Waals surface area (Å²) in [5.41, 5.74) is 3.48. The molecule has 0 amide bonds. The van der Waals surface area contributed by atoms with Gasteiger partial charge in [0.25, 0.3) is 8.32 Å². The number of ether oxygens (including phenoxy) is 3. The summed E-state index contributed by atoms with van der Waals surface area (Å²) in [5, 5.41) is 0.166. The minimum atomic E-state index is -1.88. The Labute approximate surface area is 173 Å². The van der Waals surface area contributed by atoms with Crippen molar-refractivity contribution < 1.29 is 18.6 Å². The molecule has 1 aromatic rings. The van der Waals surface area contributed by atoms with E-state index in [1.165, 1.54) is 0 Å². The van der Waals surface area contributed by atoms with E-state index in [0.717, 1.165) is 35.3 Å². The van der Waals surface area contributed by atoms with Gasteiger partial charge in [-0.15, -0.1) is 6.58 Å². The molecule has 0 N–H and O–H groups in total. The summed E-state index contributed by atoms with van der Waals surface area (Å²) >= 11 is 0. The van der Waals surface area contributed by atoms with Crippen LogP contribution in [0.5, 0.6) is 5.75 Å². The van der Waals surface area contributed by atoms with Crippen LogP contribution in [-0.4, -0.2) is 35.4 Å². The van der Waals surface area contributed by atoms with Crippen LogP contribution in [0, 0.1) is 13.8 Å². The number of allylic oxidation sites excluding steroid dienone is 1. The van der Waals surface area contributed by atoms with E-state index in [1.807, 2.05) is 6.08 Å². The molecule has 0 radical (unpaired) electrons. The van der Waals surface area contributed by atoms with Crippen molar-refractivity contribution in [2.24, 2.45) is 0 Å². The minimum absolute atomic E-state index is 0.0279. The van der Waals surface area contributed by atoms with Gasteiger partial charge >= 0.3 is 0 Å². The van der Waals surface area contributed by atoms with Gasteiger partial charge in [-0.25, -0.2) is 0 Å². The van der Waals surface area contributed by atoms with E-state index >= 15 is 0 Å². The van der Waals surface area contributed by atoms with Gasteiger partial charge in [0.15, 0.2) is 0 Å². The molecule has 4 nitrogen and oxygen atoms in total. The third-order valence-corrected chi connectivity index (χ3v) is 9.76. The number of hydrogen-bond acceptors (Lipinski definition) is 4. The Morgan fingerprint density at radius 2 is 1.71 bits per heavy atom. The van der Waals surface area contributed by atoms with Gasteiger partial charge in [-0.1, -0.05) is 26.8 Å². The van der Waals surface area contributed by atoms with Gasteiger partial charge in [-0.2, -0.15) is 0 Å². The molecule has 1 rings (SSSR count). The quantitative estimate of drug-likeness (QED) is 0.175. The Morgan fingerprint density at radius 1 is 1.11 bits per heavy atom. The zero-order valence-corrected chi connectivity index (χ0v) is 20.2. The van der Waals surface area contributed by atoms with Crippen LogP contribution in [0.1, 0.15) is 56.4 Å². The van der Waals surface area contributed by atoms with Crippen molar-refractivity contribution >= 4 is 8.32 Å². The van der Waals surface area contributed by atoms with Crippen LogP contribution in [0.25, 0.3) is 0 Å². The van der Waals surface area contributed by atoms with Crippen molar-refractivity contribution in [1.82, 2.24) is 0 Å². The maximum atomic E-state index is 6.61. The van der Waals surface area contributed by atoms with Gasteiger partial charge in [-0.05, 0) is 73.6 Å². The molecule has 0 aliphatic rings. The van der Waals surface area contributed by atoms with Gasteiger partial charge in [-0.3, -0.25) is 0 Å². The van der Waals surface area contributed by atoms with E-state index in [4.69, 9.17) is 18.6 Å². The minimum Gasteiger partial charge on any atom is -0.543 e. The first-order chi connectivity index (χ1) is 13.0. The molecule has 0 aliphatic heterocycles. The highest BCUT2D eigenvalue weighted by atomic mass is 28.4. The highest BCUT2D eigenvalue weighted by Crippen LogP contribution is 2.40. The van der Waals surface area contributed by atoms with Crippen LogP contribution in [0.15, 0.2) is 24.8 Å². The molecule has 0 heterocycles. The Kier molecular flexibility index (Phi) is 9.91. The molecule has 0 saturated heterocycles. The van der Waals surface area contributed by atoms with Crippen LogP contribution in [0.4, 0.5) is 0 Å². The van der Waals surface area contributed by atoms with E-state index < -0.39 is 8.32 Å². The lowest BCUT2D eigenvalue weighted by Gasteiger charge is -2.37. The van der Waals surface area contributed by atoms with Crippen LogP contribution < -0.4 is 4.43 Å². The predicted molar refractivity (Wildman–Crippen MR) is 120 cm³/mol. The van der Waals surface area contributed by atoms with Crippen molar-refractivity contribution in [1.29, 1.82) is 0 Å². The number of aryl methyl sites for hydroxylation is 2. The van der Waals surface area contributed by atoms with E-state index in [0.29, 0.717) is 13.2 Å². The Balaban J connectivity index is 2.99. The molecule has 28 heavy (non-hydrogen) atoms. The fourth-order valence-corrected chi connectivity index (χ4v) is 3.82. The lowest BCUT2D eigenvalue weighted by molar-refractivity contribution is -0.101. The first kappa shape index (κ1) is 24.9. The monoisotopic (exact) mass is 408 g/mol. The summed E-state index contributed by atoms with van der Waals surface area (Å²) in [5.74, 6) is 1.02. The molecule has 0 aliphatic carbocycles. The van der Waals surface area contributed by atoms with Gasteiger partial charge in [0.1, 0.15) is 12.5 Å². The first-order valence-electron chi connectivity index (χ1n) is 10.1. The highest BCUT2D eigenvalue weighted by molar-refractivity contribution is 6.74. The summed E-state index contributed by atoms with van der Waals surface area (Å²) in [7, 11) is -0.221. The third kappa shape index (κ3) is 7.36. The van der Waals surface area contributed by atoms with Gasteiger partial charge in [0, 0.05) is 7.11 Å². The molecule has 0 bridgehead atoms. The summed E-state index contributed by atoms with van der Waals surface area (Å²) in [4.78, 5) is 0. The van der Waals surface area contributed by atoms with E-state index in [-0.39, 0.29) is 17.9 Å². The molecule has 0 aromatic heterocycles. The smallest absolute Gasteiger partial charge is 0.250 e. The fourth-order valence-electron chi connectivity index (χ4n) is 2.69. The Bertz CT molecular complexity index is 597. The fraction of sp³-hybridized carbons (Fsp3) is 0.652. The first-order valence-corrected chi connectivity index (χ1v) is 13.0. The molecule has 5 heteroatoms. The van der Waals surface area contributed by atoms with Crippen molar-refractivity contribution in [2.45, 2.75) is 71.7 Å². The second kappa shape index (κ2) is 11.1. The van der Waals surface area contributed by atoms with Crippen LogP contribution >= 0.6 is 0 Å². The topological polar surface area (TPSA) is 36.9 Å². The number of benzene rings is 1. The normalized spacial score (nSPS) is 13.4. The van der Waals surface area contributed by atoms with E-state index in [2.05, 4.69) is 66.4 Å². The second-order valence-electron chi connectivity index (χ2n) is 8.89. The van der Waals surface area contributed by atoms with Crippen molar-refractivity contribution in [3.05, 3.63) is 41.5 Å². The van der Waals surface area contributed by atoms with E-state index in [1.54, 1.807) is 7.11 Å². The Morgan fingerprint density at radius 3 is 2.21 bits per heavy atom. The molecular weight excluding hydrogens is 368 g/mol. The molecule has 0 spiro atoms. The molecular formula is C23H40O4Si. The standard InChI is InChI=1S/C23H40O4Si/c1-10-11-12-21(26-17-25-14-13-24-7)20-15-18(2)22(19(3)16-20)27-28(8,9)23(4,5)6/h10,15-16,21H,1,11-14,17H2,2-9H3. The average molecular weight is 409 g/mol. The molecule has 1 atom stereocenters. The summed E-state index contributed by atoms with van der Waals surface area (Å²) in [6.07, 6.45) is 3.66. The van der Waals surface area contributed by atoms with Crippen LogP contribution in [-0.2, 0) is 14.2 Å². The van der Waals surface area contributed by atoms with Gasteiger partial charge in [0.05, 0.1) is 19.3 Å². The summed E-state index contributed by atoms with van der Waals surface area (Å²) in [6.45, 7) is 20.8. The number of methoxy groups -OCH3 is 1. The molecule has 160 valence electrons. The average Bonchev–Trinajstić information content (AvgIpc) is 2.59. The number of rotatable bonds is 12. The Hall–Kier alpha value is -1.14. The lowest BCUT2D eigenvalue weighted by atomic mass is 9.99. The maximum absolute atomic E-state index is 6.61.